The zero-order valence-electron chi connectivity index (χ0n) is 19.7. The number of halogens is 3. The van der Waals surface area contributed by atoms with Crippen LogP contribution in [0.25, 0.3) is 0 Å². The molecule has 2 amide bonds. The van der Waals surface area contributed by atoms with Gasteiger partial charge in [-0.1, -0.05) is 53.0 Å². The van der Waals surface area contributed by atoms with Gasteiger partial charge in [-0.15, -0.1) is 0 Å². The molecule has 3 aromatic carbocycles. The first-order chi connectivity index (χ1) is 17.5. The van der Waals surface area contributed by atoms with Crippen LogP contribution in [0.4, 0.5) is 5.69 Å². The smallest absolute Gasteiger partial charge is 0.258 e. The number of carbonyl (C=O) groups excluding carboxylic acids is 2. The molecule has 1 unspecified atom stereocenters. The molecule has 0 aliphatic heterocycles. The topological polar surface area (TPSA) is 118 Å². The summed E-state index contributed by atoms with van der Waals surface area (Å²) in [6.07, 6.45) is 0.522. The predicted molar refractivity (Wildman–Crippen MR) is 146 cm³/mol. The second-order valence-corrected chi connectivity index (χ2v) is 12.3. The zero-order valence-corrected chi connectivity index (χ0v) is 22.8. The summed E-state index contributed by atoms with van der Waals surface area (Å²) >= 11 is 18.4. The van der Waals surface area contributed by atoms with E-state index in [0.29, 0.717) is 17.7 Å². The molecule has 4 N–H and O–H groups in total. The van der Waals surface area contributed by atoms with Gasteiger partial charge < -0.3 is 16.4 Å². The van der Waals surface area contributed by atoms with E-state index in [1.807, 2.05) is 0 Å². The van der Waals surface area contributed by atoms with Crippen LogP contribution < -0.4 is 16.4 Å². The van der Waals surface area contributed by atoms with Crippen molar-refractivity contribution in [3.8, 4) is 0 Å². The van der Waals surface area contributed by atoms with Crippen LogP contribution in [0.3, 0.4) is 0 Å². The molecule has 0 spiro atoms. The number of nitrogens with one attached hydrogen (secondary N) is 2. The van der Waals surface area contributed by atoms with Crippen molar-refractivity contribution < 1.29 is 18.0 Å². The van der Waals surface area contributed by atoms with Gasteiger partial charge in [0.1, 0.15) is 0 Å². The molecule has 0 fully saturated rings. The minimum Gasteiger partial charge on any atom is -0.352 e. The molecule has 11 heteroatoms. The highest BCUT2D eigenvalue weighted by Crippen LogP contribution is 2.41. The molecular weight excluding hydrogens is 557 g/mol. The number of benzene rings is 3. The van der Waals surface area contributed by atoms with Gasteiger partial charge >= 0.3 is 0 Å². The van der Waals surface area contributed by atoms with Crippen molar-refractivity contribution in [1.29, 1.82) is 0 Å². The van der Waals surface area contributed by atoms with Crippen LogP contribution in [0.15, 0.2) is 65.6 Å². The van der Waals surface area contributed by atoms with E-state index in [0.717, 1.165) is 5.56 Å². The second kappa shape index (κ2) is 11.0. The van der Waals surface area contributed by atoms with E-state index in [1.165, 1.54) is 12.1 Å². The lowest BCUT2D eigenvalue weighted by Gasteiger charge is -2.32. The monoisotopic (exact) mass is 579 g/mol. The highest BCUT2D eigenvalue weighted by Gasteiger charge is 2.38. The molecule has 0 saturated heterocycles. The first kappa shape index (κ1) is 27.4. The van der Waals surface area contributed by atoms with Gasteiger partial charge in [0.25, 0.3) is 5.91 Å². The fourth-order valence-electron chi connectivity index (χ4n) is 4.35. The average Bonchev–Trinajstić information content (AvgIpc) is 2.83. The molecule has 0 bridgehead atoms. The number of anilines is 1. The number of rotatable bonds is 6. The molecule has 1 aliphatic carbocycles. The Labute approximate surface area is 230 Å². The number of fused-ring (bicyclic) bond motifs is 1. The van der Waals surface area contributed by atoms with E-state index in [1.54, 1.807) is 55.5 Å². The first-order valence-electron chi connectivity index (χ1n) is 11.4. The predicted octanol–water partition coefficient (Wildman–Crippen LogP) is 5.19. The number of sulfone groups is 1. The molecule has 3 aromatic rings. The van der Waals surface area contributed by atoms with E-state index < -0.39 is 33.1 Å². The molecule has 0 aromatic heterocycles. The van der Waals surface area contributed by atoms with E-state index in [9.17, 15) is 18.0 Å². The molecule has 7 nitrogen and oxygen atoms in total. The van der Waals surface area contributed by atoms with Gasteiger partial charge in [0.15, 0.2) is 9.84 Å². The lowest BCUT2D eigenvalue weighted by Crippen LogP contribution is -2.47. The van der Waals surface area contributed by atoms with Gasteiger partial charge in [0.2, 0.25) is 5.91 Å². The maximum absolute atomic E-state index is 13.8. The molecule has 0 saturated carbocycles. The Morgan fingerprint density at radius 3 is 2.32 bits per heavy atom. The molecule has 0 heterocycles. The SMILES string of the molecule is C[C@H](N)C(=O)N[C@@H]1Cc2ccc(NC(=O)c3c(Cl)cccc3Cl)cc2C(S(=O)(=O)c2cccc(Cl)c2)C1. The Morgan fingerprint density at radius 2 is 1.68 bits per heavy atom. The number of nitrogens with two attached hydrogens (primary N) is 1. The summed E-state index contributed by atoms with van der Waals surface area (Å²) in [4.78, 5) is 25.3. The van der Waals surface area contributed by atoms with Crippen LogP contribution in [-0.4, -0.2) is 32.3 Å². The standard InChI is InChI=1S/C26H24Cl3N3O4S/c1-14(30)25(33)32-18-10-15-8-9-17(31-26(34)24-21(28)6-3-7-22(24)29)12-20(15)23(13-18)37(35,36)19-5-2-4-16(27)11-19/h2-9,11-12,14,18,23H,10,13,30H2,1H3,(H,31,34)(H,32,33)/t14-,18+,23?/m0/s1. The second-order valence-electron chi connectivity index (χ2n) is 8.89. The maximum Gasteiger partial charge on any atom is 0.258 e. The minimum atomic E-state index is -3.92. The Balaban J connectivity index is 1.73. The minimum absolute atomic E-state index is 0.0624. The average molecular weight is 581 g/mol. The quantitative estimate of drug-likeness (QED) is 0.371. The third kappa shape index (κ3) is 5.94. The van der Waals surface area contributed by atoms with E-state index in [2.05, 4.69) is 10.6 Å². The van der Waals surface area contributed by atoms with Gasteiger partial charge in [-0.3, -0.25) is 9.59 Å². The van der Waals surface area contributed by atoms with Crippen molar-refractivity contribution in [2.75, 3.05) is 5.32 Å². The van der Waals surface area contributed by atoms with Gasteiger partial charge in [-0.25, -0.2) is 8.42 Å². The van der Waals surface area contributed by atoms with Crippen LogP contribution >= 0.6 is 34.8 Å². The molecule has 37 heavy (non-hydrogen) atoms. The fourth-order valence-corrected chi connectivity index (χ4v) is 7.10. The Bertz CT molecular complexity index is 1460. The zero-order chi connectivity index (χ0) is 26.9. The molecular formula is C26H24Cl3N3O4S. The molecule has 3 atom stereocenters. The summed E-state index contributed by atoms with van der Waals surface area (Å²) < 4.78 is 27.6. The highest BCUT2D eigenvalue weighted by atomic mass is 35.5. The summed E-state index contributed by atoms with van der Waals surface area (Å²) in [6, 6.07) is 14.6. The maximum atomic E-state index is 13.8. The molecule has 194 valence electrons. The van der Waals surface area contributed by atoms with Gasteiger partial charge in [-0.05, 0) is 73.4 Å². The van der Waals surface area contributed by atoms with E-state index in [4.69, 9.17) is 40.5 Å². The van der Waals surface area contributed by atoms with Crippen LogP contribution in [0.2, 0.25) is 15.1 Å². The summed E-state index contributed by atoms with van der Waals surface area (Å²) in [6.45, 7) is 1.56. The third-order valence-corrected chi connectivity index (χ3v) is 9.14. The first-order valence-corrected chi connectivity index (χ1v) is 14.1. The van der Waals surface area contributed by atoms with Crippen molar-refractivity contribution in [1.82, 2.24) is 5.32 Å². The van der Waals surface area contributed by atoms with Gasteiger partial charge in [0.05, 0.1) is 31.8 Å². The summed E-state index contributed by atoms with van der Waals surface area (Å²) in [5.74, 6) is -0.893. The molecule has 0 radical (unpaired) electrons. The normalized spacial score (nSPS) is 18.0. The Kier molecular flexibility index (Phi) is 8.16. The van der Waals surface area contributed by atoms with Crippen LogP contribution in [0.1, 0.15) is 40.1 Å². The van der Waals surface area contributed by atoms with Gasteiger partial charge in [-0.2, -0.15) is 0 Å². The summed E-state index contributed by atoms with van der Waals surface area (Å²) in [7, 11) is -3.92. The largest absolute Gasteiger partial charge is 0.352 e. The van der Waals surface area contributed by atoms with Crippen molar-refractivity contribution in [2.45, 2.75) is 42.0 Å². The van der Waals surface area contributed by atoms with Crippen molar-refractivity contribution >= 4 is 62.1 Å². The Hall–Kier alpha value is -2.62. The summed E-state index contributed by atoms with van der Waals surface area (Å²) in [5.41, 5.74) is 7.45. The highest BCUT2D eigenvalue weighted by molar-refractivity contribution is 7.91. The van der Waals surface area contributed by atoms with Crippen LogP contribution in [0, 0.1) is 0 Å². The molecule has 1 aliphatic rings. The Morgan fingerprint density at radius 1 is 1.00 bits per heavy atom. The van der Waals surface area contributed by atoms with Crippen molar-refractivity contribution in [3.05, 3.63) is 92.4 Å². The van der Waals surface area contributed by atoms with Gasteiger partial charge in [0, 0.05) is 16.8 Å². The third-order valence-electron chi connectivity index (χ3n) is 6.16. The number of amides is 2. The lowest BCUT2D eigenvalue weighted by atomic mass is 9.87. The molecule has 4 rings (SSSR count). The van der Waals surface area contributed by atoms with E-state index in [-0.39, 0.29) is 37.9 Å². The van der Waals surface area contributed by atoms with Crippen molar-refractivity contribution in [2.24, 2.45) is 5.73 Å². The fraction of sp³-hybridized carbons (Fsp3) is 0.231. The van der Waals surface area contributed by atoms with Crippen LogP contribution in [0.5, 0.6) is 0 Å². The summed E-state index contributed by atoms with van der Waals surface area (Å²) in [5, 5.41) is 5.28. The lowest BCUT2D eigenvalue weighted by molar-refractivity contribution is -0.122. The number of hydrogen-bond acceptors (Lipinski definition) is 5. The van der Waals surface area contributed by atoms with Crippen LogP contribution in [-0.2, 0) is 21.1 Å². The number of carbonyl (C=O) groups is 2. The number of hydrogen-bond donors (Lipinski definition) is 3. The van der Waals surface area contributed by atoms with Crippen molar-refractivity contribution in [3.63, 3.8) is 0 Å². The van der Waals surface area contributed by atoms with E-state index >= 15 is 0 Å².